The van der Waals surface area contributed by atoms with Gasteiger partial charge in [0.05, 0.1) is 0 Å². The molecule has 1 aromatic heterocycles. The van der Waals surface area contributed by atoms with Crippen LogP contribution in [-0.2, 0) is 16.0 Å². The number of nitrogens with one attached hydrogen (secondary N) is 1. The Morgan fingerprint density at radius 3 is 2.57 bits per heavy atom. The third-order valence-electron chi connectivity index (χ3n) is 4.40. The molecule has 120 valence electrons. The summed E-state index contributed by atoms with van der Waals surface area (Å²) in [7, 11) is 0. The molecule has 1 N–H and O–H groups in total. The van der Waals surface area contributed by atoms with Crippen molar-refractivity contribution in [3.63, 3.8) is 0 Å². The highest BCUT2D eigenvalue weighted by Crippen LogP contribution is 2.19. The quantitative estimate of drug-likeness (QED) is 0.878. The SMILES string of the molecule is C=CC(=O)N1CCN(C(=O)CCc2c[nH]c3ccccc23)CC1. The van der Waals surface area contributed by atoms with E-state index in [9.17, 15) is 9.59 Å². The number of aryl methyl sites for hydroxylation is 1. The molecular weight excluding hydrogens is 290 g/mol. The molecule has 0 atom stereocenters. The van der Waals surface area contributed by atoms with Crippen molar-refractivity contribution in [2.45, 2.75) is 12.8 Å². The van der Waals surface area contributed by atoms with Gasteiger partial charge in [-0.3, -0.25) is 9.59 Å². The van der Waals surface area contributed by atoms with Gasteiger partial charge in [0.2, 0.25) is 11.8 Å². The molecule has 0 bridgehead atoms. The van der Waals surface area contributed by atoms with Crippen LogP contribution in [0, 0.1) is 0 Å². The molecule has 5 heteroatoms. The Kier molecular flexibility index (Phi) is 4.46. The van der Waals surface area contributed by atoms with Gasteiger partial charge in [-0.05, 0) is 24.1 Å². The van der Waals surface area contributed by atoms with E-state index in [1.807, 2.05) is 29.3 Å². The highest BCUT2D eigenvalue weighted by Gasteiger charge is 2.22. The van der Waals surface area contributed by atoms with Crippen LogP contribution in [0.4, 0.5) is 0 Å². The molecule has 5 nitrogen and oxygen atoms in total. The van der Waals surface area contributed by atoms with Crippen molar-refractivity contribution in [1.29, 1.82) is 0 Å². The molecule has 0 spiro atoms. The van der Waals surface area contributed by atoms with Crippen molar-refractivity contribution in [2.24, 2.45) is 0 Å². The lowest BCUT2D eigenvalue weighted by Crippen LogP contribution is -2.50. The van der Waals surface area contributed by atoms with Gasteiger partial charge in [-0.15, -0.1) is 0 Å². The van der Waals surface area contributed by atoms with Gasteiger partial charge in [0, 0.05) is 49.7 Å². The number of benzene rings is 1. The van der Waals surface area contributed by atoms with Crippen molar-refractivity contribution in [3.8, 4) is 0 Å². The van der Waals surface area contributed by atoms with Crippen molar-refractivity contribution >= 4 is 22.7 Å². The van der Waals surface area contributed by atoms with Gasteiger partial charge in [0.1, 0.15) is 0 Å². The van der Waals surface area contributed by atoms with E-state index in [0.29, 0.717) is 32.6 Å². The van der Waals surface area contributed by atoms with Gasteiger partial charge >= 0.3 is 0 Å². The van der Waals surface area contributed by atoms with Crippen molar-refractivity contribution in [2.75, 3.05) is 26.2 Å². The number of carbonyl (C=O) groups excluding carboxylic acids is 2. The minimum absolute atomic E-state index is 0.0594. The third-order valence-corrected chi connectivity index (χ3v) is 4.40. The summed E-state index contributed by atoms with van der Waals surface area (Å²) < 4.78 is 0. The summed E-state index contributed by atoms with van der Waals surface area (Å²) >= 11 is 0. The van der Waals surface area contributed by atoms with Crippen LogP contribution in [-0.4, -0.2) is 52.8 Å². The maximum Gasteiger partial charge on any atom is 0.246 e. The van der Waals surface area contributed by atoms with Gasteiger partial charge in [-0.25, -0.2) is 0 Å². The molecule has 2 amide bonds. The fraction of sp³-hybridized carbons (Fsp3) is 0.333. The van der Waals surface area contributed by atoms with E-state index < -0.39 is 0 Å². The highest BCUT2D eigenvalue weighted by atomic mass is 16.2. The lowest BCUT2D eigenvalue weighted by molar-refractivity contribution is -0.137. The summed E-state index contributed by atoms with van der Waals surface area (Å²) in [5.74, 6) is 0.0943. The largest absolute Gasteiger partial charge is 0.361 e. The molecule has 1 aromatic carbocycles. The maximum absolute atomic E-state index is 12.4. The Hall–Kier alpha value is -2.56. The molecule has 1 aliphatic rings. The fourth-order valence-corrected chi connectivity index (χ4v) is 3.04. The molecule has 2 aromatic rings. The number of aromatic amines is 1. The van der Waals surface area contributed by atoms with E-state index in [1.165, 1.54) is 17.0 Å². The second-order valence-corrected chi connectivity index (χ2v) is 5.77. The van der Waals surface area contributed by atoms with Crippen molar-refractivity contribution in [1.82, 2.24) is 14.8 Å². The average molecular weight is 311 g/mol. The number of amides is 2. The molecule has 1 fully saturated rings. The standard InChI is InChI=1S/C18H21N3O2/c1-2-17(22)20-9-11-21(12-10-20)18(23)8-7-14-13-19-16-6-4-3-5-15(14)16/h2-6,13,19H,1,7-12H2. The van der Waals surface area contributed by atoms with Crippen LogP contribution < -0.4 is 0 Å². The van der Waals surface area contributed by atoms with E-state index in [2.05, 4.69) is 17.6 Å². The number of fused-ring (bicyclic) bond motifs is 1. The van der Waals surface area contributed by atoms with Gasteiger partial charge < -0.3 is 14.8 Å². The first-order valence-electron chi connectivity index (χ1n) is 7.93. The van der Waals surface area contributed by atoms with Crippen LogP contribution in [0.5, 0.6) is 0 Å². The molecule has 1 saturated heterocycles. The van der Waals surface area contributed by atoms with E-state index in [-0.39, 0.29) is 11.8 Å². The van der Waals surface area contributed by atoms with Gasteiger partial charge in [-0.2, -0.15) is 0 Å². The zero-order valence-corrected chi connectivity index (χ0v) is 13.1. The topological polar surface area (TPSA) is 56.4 Å². The van der Waals surface area contributed by atoms with E-state index in [1.54, 1.807) is 4.90 Å². The van der Waals surface area contributed by atoms with Crippen molar-refractivity contribution < 1.29 is 9.59 Å². The first-order valence-corrected chi connectivity index (χ1v) is 7.93. The summed E-state index contributed by atoms with van der Waals surface area (Å²) in [4.78, 5) is 30.7. The van der Waals surface area contributed by atoms with E-state index >= 15 is 0 Å². The number of hydrogen-bond donors (Lipinski definition) is 1. The van der Waals surface area contributed by atoms with Crippen LogP contribution in [0.3, 0.4) is 0 Å². The van der Waals surface area contributed by atoms with E-state index in [0.717, 1.165) is 11.9 Å². The van der Waals surface area contributed by atoms with Crippen molar-refractivity contribution in [3.05, 3.63) is 48.7 Å². The second-order valence-electron chi connectivity index (χ2n) is 5.77. The monoisotopic (exact) mass is 311 g/mol. The van der Waals surface area contributed by atoms with Crippen LogP contribution in [0.2, 0.25) is 0 Å². The zero-order valence-electron chi connectivity index (χ0n) is 13.1. The molecule has 2 heterocycles. The number of carbonyl (C=O) groups is 2. The summed E-state index contributed by atoms with van der Waals surface area (Å²) in [5, 5.41) is 1.18. The number of hydrogen-bond acceptors (Lipinski definition) is 2. The predicted molar refractivity (Wildman–Crippen MR) is 90.0 cm³/mol. The molecule has 0 saturated carbocycles. The Morgan fingerprint density at radius 1 is 1.13 bits per heavy atom. The fourth-order valence-electron chi connectivity index (χ4n) is 3.04. The lowest BCUT2D eigenvalue weighted by atomic mass is 10.1. The van der Waals surface area contributed by atoms with Crippen LogP contribution in [0.1, 0.15) is 12.0 Å². The minimum Gasteiger partial charge on any atom is -0.361 e. The summed E-state index contributed by atoms with van der Waals surface area (Å²) in [6.07, 6.45) is 4.54. The Labute approximate surface area is 135 Å². The third kappa shape index (κ3) is 3.28. The van der Waals surface area contributed by atoms with Gasteiger partial charge in [-0.1, -0.05) is 24.8 Å². The minimum atomic E-state index is -0.0594. The number of rotatable bonds is 4. The normalized spacial score (nSPS) is 15.0. The Morgan fingerprint density at radius 2 is 1.83 bits per heavy atom. The Bertz CT molecular complexity index is 727. The predicted octanol–water partition coefficient (Wildman–Crippen LogP) is 1.96. The summed E-state index contributed by atoms with van der Waals surface area (Å²) in [6, 6.07) is 8.12. The van der Waals surface area contributed by atoms with Crippen LogP contribution in [0.15, 0.2) is 43.1 Å². The summed E-state index contributed by atoms with van der Waals surface area (Å²) in [5.41, 5.74) is 2.28. The number of nitrogens with zero attached hydrogens (tertiary/aromatic N) is 2. The van der Waals surface area contributed by atoms with Crippen LogP contribution >= 0.6 is 0 Å². The lowest BCUT2D eigenvalue weighted by Gasteiger charge is -2.34. The Balaban J connectivity index is 1.54. The molecule has 1 aliphatic heterocycles. The smallest absolute Gasteiger partial charge is 0.246 e. The zero-order chi connectivity index (χ0) is 16.2. The molecule has 23 heavy (non-hydrogen) atoms. The number of piperazine rings is 1. The average Bonchev–Trinajstić information content (AvgIpc) is 3.02. The van der Waals surface area contributed by atoms with E-state index in [4.69, 9.17) is 0 Å². The number of para-hydroxylation sites is 1. The second kappa shape index (κ2) is 6.69. The molecule has 3 rings (SSSR count). The highest BCUT2D eigenvalue weighted by molar-refractivity contribution is 5.87. The summed E-state index contributed by atoms with van der Waals surface area (Å²) in [6.45, 7) is 5.88. The maximum atomic E-state index is 12.4. The van der Waals surface area contributed by atoms with Gasteiger partial charge in [0.15, 0.2) is 0 Å². The number of H-pyrrole nitrogens is 1. The molecular formula is C18H21N3O2. The van der Waals surface area contributed by atoms with Gasteiger partial charge in [0.25, 0.3) is 0 Å². The first kappa shape index (κ1) is 15.3. The molecule has 0 unspecified atom stereocenters. The molecule has 0 radical (unpaired) electrons. The first-order chi connectivity index (χ1) is 11.2. The molecule has 0 aliphatic carbocycles. The van der Waals surface area contributed by atoms with Crippen LogP contribution in [0.25, 0.3) is 10.9 Å². The number of aromatic nitrogens is 1.